The minimum Gasteiger partial charge on any atom is -0.497 e. The fourth-order valence-electron chi connectivity index (χ4n) is 3.16. The Kier molecular flexibility index (Phi) is 4.67. The van der Waals surface area contributed by atoms with E-state index in [0.717, 1.165) is 47.0 Å². The van der Waals surface area contributed by atoms with Gasteiger partial charge in [0.25, 0.3) is 0 Å². The second-order valence-electron chi connectivity index (χ2n) is 6.29. The molecule has 4 rings (SSSR count). The van der Waals surface area contributed by atoms with Gasteiger partial charge >= 0.3 is 0 Å². The molecule has 2 heterocycles. The van der Waals surface area contributed by atoms with Gasteiger partial charge in [-0.2, -0.15) is 0 Å². The highest BCUT2D eigenvalue weighted by Gasteiger charge is 2.27. The molecule has 2 aromatic heterocycles. The summed E-state index contributed by atoms with van der Waals surface area (Å²) in [6.45, 7) is 0. The maximum Gasteiger partial charge on any atom is 0.227 e. The van der Waals surface area contributed by atoms with Crippen LogP contribution in [0.15, 0.2) is 48.8 Å². The van der Waals surface area contributed by atoms with Crippen LogP contribution in [0.3, 0.4) is 0 Å². The summed E-state index contributed by atoms with van der Waals surface area (Å²) in [6.07, 6.45) is 5.96. The highest BCUT2D eigenvalue weighted by Crippen LogP contribution is 2.35. The highest BCUT2D eigenvalue weighted by atomic mass is 32.1. The Morgan fingerprint density at radius 2 is 2.12 bits per heavy atom. The van der Waals surface area contributed by atoms with Crippen LogP contribution in [0.5, 0.6) is 5.75 Å². The van der Waals surface area contributed by atoms with E-state index in [2.05, 4.69) is 10.3 Å². The zero-order valence-electron chi connectivity index (χ0n) is 14.4. The number of hydrogen-bond acceptors (Lipinski definition) is 5. The molecule has 0 aliphatic heterocycles. The fraction of sp³-hybridized carbons (Fsp3) is 0.250. The molecule has 1 aliphatic carbocycles. The molecule has 0 radical (unpaired) electrons. The first-order valence-corrected chi connectivity index (χ1v) is 9.38. The normalized spacial score (nSPS) is 16.0. The van der Waals surface area contributed by atoms with Gasteiger partial charge in [-0.3, -0.25) is 9.78 Å². The molecule has 1 N–H and O–H groups in total. The zero-order chi connectivity index (χ0) is 17.9. The van der Waals surface area contributed by atoms with Crippen LogP contribution in [0.4, 0.5) is 5.69 Å². The second kappa shape index (κ2) is 7.25. The van der Waals surface area contributed by atoms with Gasteiger partial charge in [-0.25, -0.2) is 4.98 Å². The van der Waals surface area contributed by atoms with Crippen molar-refractivity contribution in [2.45, 2.75) is 19.3 Å². The highest BCUT2D eigenvalue weighted by molar-refractivity contribution is 7.15. The SMILES string of the molecule is COc1cccc(NC(=O)C2CCc3nc(-c4ccncc4)sc3C2)c1. The van der Waals surface area contributed by atoms with Gasteiger partial charge in [0.2, 0.25) is 5.91 Å². The number of nitrogens with zero attached hydrogens (tertiary/aromatic N) is 2. The minimum atomic E-state index is -0.0283. The van der Waals surface area contributed by atoms with Crippen LogP contribution in [-0.2, 0) is 17.6 Å². The Bertz CT molecular complexity index is 924. The number of rotatable bonds is 4. The quantitative estimate of drug-likeness (QED) is 0.760. The first kappa shape index (κ1) is 16.7. The van der Waals surface area contributed by atoms with E-state index >= 15 is 0 Å². The maximum atomic E-state index is 12.7. The number of nitrogens with one attached hydrogen (secondary N) is 1. The fourth-order valence-corrected chi connectivity index (χ4v) is 4.36. The van der Waals surface area contributed by atoms with Gasteiger partial charge in [-0.05, 0) is 43.5 Å². The molecule has 1 aromatic carbocycles. The summed E-state index contributed by atoms with van der Waals surface area (Å²) in [5, 5.41) is 4.02. The molecule has 132 valence electrons. The Morgan fingerprint density at radius 3 is 2.92 bits per heavy atom. The van der Waals surface area contributed by atoms with Crippen molar-refractivity contribution in [1.82, 2.24) is 9.97 Å². The van der Waals surface area contributed by atoms with Crippen molar-refractivity contribution in [3.63, 3.8) is 0 Å². The number of anilines is 1. The number of methoxy groups -OCH3 is 1. The molecule has 1 unspecified atom stereocenters. The molecular weight excluding hydrogens is 346 g/mol. The van der Waals surface area contributed by atoms with Crippen LogP contribution in [0, 0.1) is 5.92 Å². The number of pyridine rings is 1. The number of benzene rings is 1. The van der Waals surface area contributed by atoms with Crippen molar-refractivity contribution < 1.29 is 9.53 Å². The second-order valence-corrected chi connectivity index (χ2v) is 7.37. The molecule has 1 atom stereocenters. The van der Waals surface area contributed by atoms with Crippen molar-refractivity contribution in [3.8, 4) is 16.3 Å². The number of ether oxygens (including phenoxy) is 1. The predicted molar refractivity (Wildman–Crippen MR) is 102 cm³/mol. The average molecular weight is 365 g/mol. The van der Waals surface area contributed by atoms with Gasteiger partial charge in [0.1, 0.15) is 10.8 Å². The molecule has 6 heteroatoms. The lowest BCUT2D eigenvalue weighted by Crippen LogP contribution is -2.27. The number of hydrogen-bond donors (Lipinski definition) is 1. The van der Waals surface area contributed by atoms with Crippen LogP contribution < -0.4 is 10.1 Å². The summed E-state index contributed by atoms with van der Waals surface area (Å²) >= 11 is 1.68. The average Bonchev–Trinajstić information content (AvgIpc) is 3.12. The van der Waals surface area contributed by atoms with Gasteiger partial charge in [0.05, 0.1) is 12.8 Å². The maximum absolute atomic E-state index is 12.7. The number of thiazole rings is 1. The van der Waals surface area contributed by atoms with E-state index in [0.29, 0.717) is 0 Å². The molecular formula is C20H19N3O2S. The number of carbonyl (C=O) groups is 1. The minimum absolute atomic E-state index is 0.0283. The Balaban J connectivity index is 1.47. The van der Waals surface area contributed by atoms with E-state index in [1.54, 1.807) is 30.8 Å². The number of carbonyl (C=O) groups excluding carboxylic acids is 1. The molecule has 0 fully saturated rings. The predicted octanol–water partition coefficient (Wildman–Crippen LogP) is 3.96. The molecule has 1 amide bonds. The first-order chi connectivity index (χ1) is 12.7. The standard InChI is InChI=1S/C20H19N3O2S/c1-25-16-4-2-3-15(12-16)22-19(24)14-5-6-17-18(11-14)26-20(23-17)13-7-9-21-10-8-13/h2-4,7-10,12,14H,5-6,11H2,1H3,(H,22,24). The summed E-state index contributed by atoms with van der Waals surface area (Å²) < 4.78 is 5.21. The smallest absolute Gasteiger partial charge is 0.227 e. The van der Waals surface area contributed by atoms with Crippen molar-refractivity contribution in [2.24, 2.45) is 5.92 Å². The van der Waals surface area contributed by atoms with E-state index in [-0.39, 0.29) is 11.8 Å². The molecule has 5 nitrogen and oxygen atoms in total. The summed E-state index contributed by atoms with van der Waals surface area (Å²) in [5.74, 6) is 0.764. The Hall–Kier alpha value is -2.73. The third kappa shape index (κ3) is 3.46. The monoisotopic (exact) mass is 365 g/mol. The molecule has 0 spiro atoms. The molecule has 1 aliphatic rings. The van der Waals surface area contributed by atoms with Crippen molar-refractivity contribution in [3.05, 3.63) is 59.4 Å². The van der Waals surface area contributed by atoms with Crippen molar-refractivity contribution >= 4 is 22.9 Å². The summed E-state index contributed by atoms with van der Waals surface area (Å²) in [5.41, 5.74) is 2.98. The third-order valence-corrected chi connectivity index (χ3v) is 5.74. The molecule has 0 bridgehead atoms. The van der Waals surface area contributed by atoms with E-state index in [1.807, 2.05) is 36.4 Å². The summed E-state index contributed by atoms with van der Waals surface area (Å²) in [4.78, 5) is 22.7. The van der Waals surface area contributed by atoms with Gasteiger partial charge in [0, 0.05) is 40.5 Å². The molecule has 26 heavy (non-hydrogen) atoms. The molecule has 3 aromatic rings. The van der Waals surface area contributed by atoms with Crippen LogP contribution in [-0.4, -0.2) is 23.0 Å². The Labute approximate surface area is 156 Å². The summed E-state index contributed by atoms with van der Waals surface area (Å²) in [7, 11) is 1.62. The molecule has 0 saturated carbocycles. The lowest BCUT2D eigenvalue weighted by molar-refractivity contribution is -0.120. The lowest BCUT2D eigenvalue weighted by Gasteiger charge is -2.20. The van der Waals surface area contributed by atoms with Gasteiger partial charge in [0.15, 0.2) is 0 Å². The van der Waals surface area contributed by atoms with E-state index in [4.69, 9.17) is 9.72 Å². The van der Waals surface area contributed by atoms with E-state index < -0.39 is 0 Å². The summed E-state index contributed by atoms with van der Waals surface area (Å²) in [6, 6.07) is 11.4. The van der Waals surface area contributed by atoms with Crippen LogP contribution >= 0.6 is 11.3 Å². The van der Waals surface area contributed by atoms with Crippen LogP contribution in [0.1, 0.15) is 17.0 Å². The first-order valence-electron chi connectivity index (χ1n) is 8.57. The number of aryl methyl sites for hydroxylation is 1. The van der Waals surface area contributed by atoms with Crippen LogP contribution in [0.2, 0.25) is 0 Å². The largest absolute Gasteiger partial charge is 0.497 e. The Morgan fingerprint density at radius 1 is 1.27 bits per heavy atom. The van der Waals surface area contributed by atoms with Crippen molar-refractivity contribution in [2.75, 3.05) is 12.4 Å². The van der Waals surface area contributed by atoms with Crippen molar-refractivity contribution in [1.29, 1.82) is 0 Å². The van der Waals surface area contributed by atoms with Gasteiger partial charge < -0.3 is 10.1 Å². The number of aromatic nitrogens is 2. The number of fused-ring (bicyclic) bond motifs is 1. The molecule has 0 saturated heterocycles. The topological polar surface area (TPSA) is 64.1 Å². The van der Waals surface area contributed by atoms with Gasteiger partial charge in [-0.1, -0.05) is 6.07 Å². The van der Waals surface area contributed by atoms with Gasteiger partial charge in [-0.15, -0.1) is 11.3 Å². The zero-order valence-corrected chi connectivity index (χ0v) is 15.3. The number of amides is 1. The van der Waals surface area contributed by atoms with Crippen LogP contribution in [0.25, 0.3) is 10.6 Å². The van der Waals surface area contributed by atoms with E-state index in [1.165, 1.54) is 4.88 Å². The third-order valence-electron chi connectivity index (χ3n) is 4.57. The lowest BCUT2D eigenvalue weighted by atomic mass is 9.90. The van der Waals surface area contributed by atoms with E-state index in [9.17, 15) is 4.79 Å².